The first-order valence-electron chi connectivity index (χ1n) is 5.54. The fourth-order valence-electron chi connectivity index (χ4n) is 1.37. The largest absolute Gasteiger partial charge is 0.216 e. The second kappa shape index (κ2) is 6.52. The van der Waals surface area contributed by atoms with Crippen molar-refractivity contribution in [1.29, 1.82) is 0 Å². The highest BCUT2D eigenvalue weighted by atomic mass is 79.9. The van der Waals surface area contributed by atoms with Gasteiger partial charge in [0.1, 0.15) is 0 Å². The third-order valence-electron chi connectivity index (χ3n) is 2.66. The average Bonchev–Trinajstić information content (AvgIpc) is 2.27. The maximum atomic E-state index is 11.9. The molecule has 1 aromatic rings. The molecule has 2 atom stereocenters. The van der Waals surface area contributed by atoms with Crippen LogP contribution in [0.5, 0.6) is 0 Å². The fraction of sp³-hybridized carbons (Fsp3) is 0.500. The van der Waals surface area contributed by atoms with E-state index in [9.17, 15) is 8.42 Å². The lowest BCUT2D eigenvalue weighted by Crippen LogP contribution is -2.38. The summed E-state index contributed by atoms with van der Waals surface area (Å²) >= 11 is 3.35. The van der Waals surface area contributed by atoms with Crippen LogP contribution in [0.2, 0.25) is 0 Å². The van der Waals surface area contributed by atoms with E-state index < -0.39 is 10.0 Å². The van der Waals surface area contributed by atoms with E-state index in [0.717, 1.165) is 10.9 Å². The van der Waals surface area contributed by atoms with Crippen LogP contribution in [0, 0.1) is 5.92 Å². The molecule has 0 aliphatic rings. The first-order valence-corrected chi connectivity index (χ1v) is 8.32. The van der Waals surface area contributed by atoms with Gasteiger partial charge in [-0.2, -0.15) is 0 Å². The summed E-state index contributed by atoms with van der Waals surface area (Å²) in [5.74, 6) is 0.299. The van der Waals surface area contributed by atoms with Crippen molar-refractivity contribution in [3.63, 3.8) is 0 Å². The molecule has 0 fully saturated rings. The van der Waals surface area contributed by atoms with E-state index in [1.165, 1.54) is 0 Å². The second-order valence-electron chi connectivity index (χ2n) is 4.28. The lowest BCUT2D eigenvalue weighted by molar-refractivity contribution is 0.484. The average molecular weight is 320 g/mol. The predicted molar refractivity (Wildman–Crippen MR) is 74.6 cm³/mol. The fourth-order valence-corrected chi connectivity index (χ4v) is 3.44. The van der Waals surface area contributed by atoms with Crippen LogP contribution < -0.4 is 4.72 Å². The zero-order valence-corrected chi connectivity index (χ0v) is 12.5. The molecule has 3 nitrogen and oxygen atoms in total. The molecule has 1 aromatic carbocycles. The Morgan fingerprint density at radius 1 is 1.24 bits per heavy atom. The Morgan fingerprint density at radius 3 is 2.35 bits per heavy atom. The number of sulfonamides is 1. The molecule has 0 radical (unpaired) electrons. The molecule has 0 saturated carbocycles. The number of halogens is 1. The Kier molecular flexibility index (Phi) is 5.62. The van der Waals surface area contributed by atoms with Crippen LogP contribution in [0.4, 0.5) is 0 Å². The minimum atomic E-state index is -3.26. The molecule has 0 spiro atoms. The molecule has 5 heteroatoms. The van der Waals surface area contributed by atoms with Crippen molar-refractivity contribution in [3.8, 4) is 0 Å². The Bertz CT molecular complexity index is 433. The number of nitrogens with one attached hydrogen (secondary N) is 1. The molecular formula is C12H18BrNO2S. The van der Waals surface area contributed by atoms with Crippen molar-refractivity contribution in [2.24, 2.45) is 5.92 Å². The van der Waals surface area contributed by atoms with Crippen molar-refractivity contribution < 1.29 is 8.42 Å². The lowest BCUT2D eigenvalue weighted by atomic mass is 10.1. The van der Waals surface area contributed by atoms with Crippen LogP contribution in [-0.2, 0) is 15.8 Å². The van der Waals surface area contributed by atoms with Crippen LogP contribution in [-0.4, -0.2) is 19.8 Å². The van der Waals surface area contributed by atoms with Crippen LogP contribution in [0.3, 0.4) is 0 Å². The smallest absolute Gasteiger partial charge is 0.212 e. The van der Waals surface area contributed by atoms with Crippen LogP contribution in [0.1, 0.15) is 19.4 Å². The lowest BCUT2D eigenvalue weighted by Gasteiger charge is -2.19. The molecule has 1 N–H and O–H groups in total. The summed E-state index contributed by atoms with van der Waals surface area (Å²) in [5.41, 5.74) is 0.804. The summed E-state index contributed by atoms with van der Waals surface area (Å²) in [7, 11) is -3.26. The molecule has 0 aliphatic heterocycles. The second-order valence-corrected chi connectivity index (χ2v) is 6.68. The van der Waals surface area contributed by atoms with Crippen molar-refractivity contribution in [1.82, 2.24) is 4.72 Å². The molecular weight excluding hydrogens is 302 g/mol. The van der Waals surface area contributed by atoms with Crippen LogP contribution in [0.25, 0.3) is 0 Å². The quantitative estimate of drug-likeness (QED) is 0.819. The molecule has 1 rings (SSSR count). The molecule has 0 heterocycles. The van der Waals surface area contributed by atoms with Gasteiger partial charge in [-0.15, -0.1) is 0 Å². The molecule has 0 bridgehead atoms. The van der Waals surface area contributed by atoms with E-state index in [4.69, 9.17) is 0 Å². The minimum Gasteiger partial charge on any atom is -0.212 e. The van der Waals surface area contributed by atoms with E-state index in [1.807, 2.05) is 44.2 Å². The first-order chi connectivity index (χ1) is 7.94. The third-order valence-corrected chi connectivity index (χ3v) is 5.13. The SMILES string of the molecule is CC(CBr)C(C)NS(=O)(=O)Cc1ccccc1. The van der Waals surface area contributed by atoms with Gasteiger partial charge < -0.3 is 0 Å². The van der Waals surface area contributed by atoms with E-state index in [1.54, 1.807) is 0 Å². The molecule has 0 amide bonds. The van der Waals surface area contributed by atoms with Gasteiger partial charge in [0.15, 0.2) is 0 Å². The summed E-state index contributed by atoms with van der Waals surface area (Å²) in [4.78, 5) is 0. The summed E-state index contributed by atoms with van der Waals surface area (Å²) in [6.07, 6.45) is 0. The summed E-state index contributed by atoms with van der Waals surface area (Å²) in [5, 5.41) is 0.780. The van der Waals surface area contributed by atoms with Gasteiger partial charge in [0.25, 0.3) is 0 Å². The normalized spacial score (nSPS) is 15.5. The van der Waals surface area contributed by atoms with Gasteiger partial charge >= 0.3 is 0 Å². The monoisotopic (exact) mass is 319 g/mol. The standard InChI is InChI=1S/C12H18BrNO2S/c1-10(8-13)11(2)14-17(15,16)9-12-6-4-3-5-7-12/h3-7,10-11,14H,8-9H2,1-2H3. The Balaban J connectivity index is 2.64. The van der Waals surface area contributed by atoms with Crippen molar-refractivity contribution in [2.45, 2.75) is 25.6 Å². The van der Waals surface area contributed by atoms with Crippen molar-refractivity contribution >= 4 is 26.0 Å². The van der Waals surface area contributed by atoms with Gasteiger partial charge in [0.2, 0.25) is 10.0 Å². The molecule has 0 saturated heterocycles. The molecule has 96 valence electrons. The number of rotatable bonds is 6. The van der Waals surface area contributed by atoms with E-state index >= 15 is 0 Å². The zero-order chi connectivity index (χ0) is 12.9. The summed E-state index contributed by atoms with van der Waals surface area (Å²) in [6.45, 7) is 3.89. The number of hydrogen-bond acceptors (Lipinski definition) is 2. The maximum absolute atomic E-state index is 11.9. The third kappa shape index (κ3) is 5.19. The van der Waals surface area contributed by atoms with Crippen molar-refractivity contribution in [3.05, 3.63) is 35.9 Å². The molecule has 2 unspecified atom stereocenters. The van der Waals surface area contributed by atoms with Crippen LogP contribution in [0.15, 0.2) is 30.3 Å². The molecule has 0 aliphatic carbocycles. The first kappa shape index (κ1) is 14.7. The zero-order valence-electron chi connectivity index (χ0n) is 10.1. The Labute approximate surface area is 112 Å². The number of benzene rings is 1. The van der Waals surface area contributed by atoms with Gasteiger partial charge in [0.05, 0.1) is 5.75 Å². The van der Waals surface area contributed by atoms with Gasteiger partial charge in [-0.3, -0.25) is 0 Å². The molecule has 17 heavy (non-hydrogen) atoms. The van der Waals surface area contributed by atoms with Crippen molar-refractivity contribution in [2.75, 3.05) is 5.33 Å². The predicted octanol–water partition coefficient (Wildman–Crippen LogP) is 2.53. The topological polar surface area (TPSA) is 46.2 Å². The number of hydrogen-bond donors (Lipinski definition) is 1. The Morgan fingerprint density at radius 2 is 1.82 bits per heavy atom. The van der Waals surface area contributed by atoms with Crippen LogP contribution >= 0.6 is 15.9 Å². The van der Waals surface area contributed by atoms with E-state index in [-0.39, 0.29) is 17.7 Å². The highest BCUT2D eigenvalue weighted by Gasteiger charge is 2.18. The van der Waals surface area contributed by atoms with Gasteiger partial charge in [-0.1, -0.05) is 53.2 Å². The highest BCUT2D eigenvalue weighted by molar-refractivity contribution is 9.09. The number of alkyl halides is 1. The van der Waals surface area contributed by atoms with E-state index in [2.05, 4.69) is 20.7 Å². The summed E-state index contributed by atoms with van der Waals surface area (Å²) < 4.78 is 26.5. The maximum Gasteiger partial charge on any atom is 0.216 e. The molecule has 0 aromatic heterocycles. The van der Waals surface area contributed by atoms with Gasteiger partial charge in [-0.25, -0.2) is 13.1 Å². The minimum absolute atomic E-state index is 0.0349. The Hall–Kier alpha value is -0.390. The van der Waals surface area contributed by atoms with Gasteiger partial charge in [0, 0.05) is 11.4 Å². The van der Waals surface area contributed by atoms with Gasteiger partial charge in [-0.05, 0) is 18.4 Å². The highest BCUT2D eigenvalue weighted by Crippen LogP contribution is 2.10. The summed E-state index contributed by atoms with van der Waals surface area (Å²) in [6, 6.07) is 9.13. The van der Waals surface area contributed by atoms with E-state index in [0.29, 0.717) is 0 Å².